The van der Waals surface area contributed by atoms with Gasteiger partial charge < -0.3 is 15.1 Å². The van der Waals surface area contributed by atoms with Gasteiger partial charge in [0, 0.05) is 44.9 Å². The molecule has 0 radical (unpaired) electrons. The van der Waals surface area contributed by atoms with Gasteiger partial charge in [0.25, 0.3) is 0 Å². The molecule has 0 aliphatic rings. The second-order valence-electron chi connectivity index (χ2n) is 11.7. The standard InChI is InChI=1S/C24H17NO.C20H15N3/c1-2-6-17(7-3-1)18-10-12-19(13-11-18)25-20-14-15-22-21-8-4-5-9-23(21)26-24(22)16-20;1-2-8-16(9-3-1)20-21-13-17(14-22-20)23-19-12-6-10-15-7-4-5-11-18(15)19/h1-16,25H;1-14,23H. The van der Waals surface area contributed by atoms with Crippen LogP contribution < -0.4 is 10.6 Å². The topological polar surface area (TPSA) is 63.0 Å². The molecule has 0 aliphatic heterocycles. The van der Waals surface area contributed by atoms with E-state index in [9.17, 15) is 0 Å². The summed E-state index contributed by atoms with van der Waals surface area (Å²) in [5.74, 6) is 0.731. The van der Waals surface area contributed by atoms with Gasteiger partial charge in [0.05, 0.1) is 18.1 Å². The average molecular weight is 633 g/mol. The molecule has 49 heavy (non-hydrogen) atoms. The maximum Gasteiger partial charge on any atom is 0.159 e. The van der Waals surface area contributed by atoms with Crippen molar-refractivity contribution in [1.29, 1.82) is 0 Å². The number of anilines is 4. The lowest BCUT2D eigenvalue weighted by Crippen LogP contribution is -1.95. The molecule has 0 aliphatic carbocycles. The van der Waals surface area contributed by atoms with E-state index in [1.807, 2.05) is 85.2 Å². The van der Waals surface area contributed by atoms with Gasteiger partial charge in [0.2, 0.25) is 0 Å². The summed E-state index contributed by atoms with van der Waals surface area (Å²) in [5, 5.41) is 11.5. The van der Waals surface area contributed by atoms with E-state index in [1.165, 1.54) is 21.9 Å². The van der Waals surface area contributed by atoms with Crippen molar-refractivity contribution >= 4 is 55.5 Å². The highest BCUT2D eigenvalue weighted by Crippen LogP contribution is 2.32. The molecule has 7 aromatic carbocycles. The van der Waals surface area contributed by atoms with Gasteiger partial charge in [-0.25, -0.2) is 9.97 Å². The summed E-state index contributed by atoms with van der Waals surface area (Å²) in [6.07, 6.45) is 3.63. The maximum absolute atomic E-state index is 5.97. The van der Waals surface area contributed by atoms with Gasteiger partial charge in [0.15, 0.2) is 5.82 Å². The number of hydrogen-bond acceptors (Lipinski definition) is 5. The molecule has 0 bridgehead atoms. The SMILES string of the molecule is c1ccc(-c2ccc(Nc3ccc4c(c3)oc3ccccc34)cc2)cc1.c1ccc(-c2ncc(Nc3cccc4ccccc34)cn2)cc1. The van der Waals surface area contributed by atoms with Crippen LogP contribution in [-0.4, -0.2) is 9.97 Å². The molecule has 0 saturated heterocycles. The molecule has 234 valence electrons. The fraction of sp³-hybridized carbons (Fsp3) is 0. The molecule has 0 atom stereocenters. The van der Waals surface area contributed by atoms with Gasteiger partial charge in [-0.3, -0.25) is 0 Å². The Bertz CT molecular complexity index is 2470. The Balaban J connectivity index is 0.000000143. The van der Waals surface area contributed by atoms with E-state index in [4.69, 9.17) is 4.42 Å². The zero-order chi connectivity index (χ0) is 32.8. The fourth-order valence-corrected chi connectivity index (χ4v) is 5.97. The summed E-state index contributed by atoms with van der Waals surface area (Å²) in [6, 6.07) is 57.8. The normalized spacial score (nSPS) is 10.9. The first-order chi connectivity index (χ1) is 24.3. The van der Waals surface area contributed by atoms with Crippen molar-refractivity contribution in [3.8, 4) is 22.5 Å². The van der Waals surface area contributed by atoms with Crippen LogP contribution in [0.5, 0.6) is 0 Å². The van der Waals surface area contributed by atoms with E-state index >= 15 is 0 Å². The van der Waals surface area contributed by atoms with Crippen molar-refractivity contribution < 1.29 is 4.42 Å². The summed E-state index contributed by atoms with van der Waals surface area (Å²) in [6.45, 7) is 0. The fourth-order valence-electron chi connectivity index (χ4n) is 5.97. The summed E-state index contributed by atoms with van der Waals surface area (Å²) >= 11 is 0. The van der Waals surface area contributed by atoms with Crippen LogP contribution in [0.25, 0.3) is 55.2 Å². The minimum Gasteiger partial charge on any atom is -0.456 e. The van der Waals surface area contributed by atoms with Crippen LogP contribution in [0.3, 0.4) is 0 Å². The summed E-state index contributed by atoms with van der Waals surface area (Å²) in [5.41, 5.74) is 9.28. The molecule has 5 nitrogen and oxygen atoms in total. The van der Waals surface area contributed by atoms with Crippen LogP contribution in [0.4, 0.5) is 22.7 Å². The van der Waals surface area contributed by atoms with Crippen molar-refractivity contribution in [2.24, 2.45) is 0 Å². The third-order valence-corrected chi connectivity index (χ3v) is 8.41. The zero-order valence-corrected chi connectivity index (χ0v) is 26.6. The number of hydrogen-bond donors (Lipinski definition) is 2. The average Bonchev–Trinajstić information content (AvgIpc) is 3.54. The van der Waals surface area contributed by atoms with Gasteiger partial charge in [0.1, 0.15) is 11.2 Å². The van der Waals surface area contributed by atoms with Gasteiger partial charge in [-0.15, -0.1) is 0 Å². The van der Waals surface area contributed by atoms with Gasteiger partial charge in [-0.2, -0.15) is 0 Å². The predicted molar refractivity (Wildman–Crippen MR) is 204 cm³/mol. The highest BCUT2D eigenvalue weighted by molar-refractivity contribution is 6.05. The molecule has 0 saturated carbocycles. The van der Waals surface area contributed by atoms with E-state index in [2.05, 4.69) is 118 Å². The van der Waals surface area contributed by atoms with E-state index in [0.717, 1.165) is 56.1 Å². The molecule has 0 spiro atoms. The molecular formula is C44H32N4O. The summed E-state index contributed by atoms with van der Waals surface area (Å²) in [4.78, 5) is 8.90. The first-order valence-electron chi connectivity index (χ1n) is 16.2. The minimum atomic E-state index is 0.731. The highest BCUT2D eigenvalue weighted by atomic mass is 16.3. The van der Waals surface area contributed by atoms with Crippen LogP contribution in [0.2, 0.25) is 0 Å². The van der Waals surface area contributed by atoms with E-state index in [-0.39, 0.29) is 0 Å². The summed E-state index contributed by atoms with van der Waals surface area (Å²) in [7, 11) is 0. The van der Waals surface area contributed by atoms with Gasteiger partial charge in [-0.05, 0) is 52.9 Å². The Morgan fingerprint density at radius 2 is 0.980 bits per heavy atom. The second-order valence-corrected chi connectivity index (χ2v) is 11.7. The number of fused-ring (bicyclic) bond motifs is 4. The number of nitrogens with zero attached hydrogens (tertiary/aromatic N) is 2. The molecular weight excluding hydrogens is 601 g/mol. The molecule has 2 N–H and O–H groups in total. The van der Waals surface area contributed by atoms with Crippen LogP contribution in [-0.2, 0) is 0 Å². The number of para-hydroxylation sites is 1. The minimum absolute atomic E-state index is 0.731. The van der Waals surface area contributed by atoms with E-state index < -0.39 is 0 Å². The van der Waals surface area contributed by atoms with Crippen LogP contribution in [0.1, 0.15) is 0 Å². The molecule has 9 rings (SSSR count). The Labute approximate surface area is 284 Å². The Morgan fingerprint density at radius 1 is 0.388 bits per heavy atom. The lowest BCUT2D eigenvalue weighted by Gasteiger charge is -2.09. The monoisotopic (exact) mass is 632 g/mol. The van der Waals surface area contributed by atoms with E-state index in [1.54, 1.807) is 0 Å². The number of aromatic nitrogens is 2. The van der Waals surface area contributed by atoms with Crippen molar-refractivity contribution in [2.45, 2.75) is 0 Å². The number of rotatable bonds is 6. The molecule has 9 aromatic rings. The lowest BCUT2D eigenvalue weighted by molar-refractivity contribution is 0.669. The molecule has 0 amide bonds. The highest BCUT2D eigenvalue weighted by Gasteiger charge is 2.08. The van der Waals surface area contributed by atoms with Crippen molar-refractivity contribution in [3.63, 3.8) is 0 Å². The molecule has 2 aromatic heterocycles. The lowest BCUT2D eigenvalue weighted by atomic mass is 10.1. The Morgan fingerprint density at radius 3 is 1.76 bits per heavy atom. The number of nitrogens with one attached hydrogen (secondary N) is 2. The van der Waals surface area contributed by atoms with Crippen LogP contribution in [0, 0.1) is 0 Å². The third kappa shape index (κ3) is 6.59. The third-order valence-electron chi connectivity index (χ3n) is 8.41. The van der Waals surface area contributed by atoms with Gasteiger partial charge >= 0.3 is 0 Å². The Kier molecular flexibility index (Phi) is 8.21. The number of furan rings is 1. The van der Waals surface area contributed by atoms with Crippen LogP contribution in [0.15, 0.2) is 187 Å². The number of benzene rings is 7. The molecule has 5 heteroatoms. The van der Waals surface area contributed by atoms with Crippen LogP contribution >= 0.6 is 0 Å². The van der Waals surface area contributed by atoms with Crippen molar-refractivity contribution in [2.75, 3.05) is 10.6 Å². The quantitative estimate of drug-likeness (QED) is 0.191. The Hall–Kier alpha value is -6.72. The second kappa shape index (κ2) is 13.6. The van der Waals surface area contributed by atoms with E-state index in [0.29, 0.717) is 0 Å². The van der Waals surface area contributed by atoms with Crippen molar-refractivity contribution in [1.82, 2.24) is 9.97 Å². The predicted octanol–water partition coefficient (Wildman–Crippen LogP) is 12.0. The zero-order valence-electron chi connectivity index (χ0n) is 26.6. The maximum atomic E-state index is 5.97. The van der Waals surface area contributed by atoms with Crippen molar-refractivity contribution in [3.05, 3.63) is 182 Å². The smallest absolute Gasteiger partial charge is 0.159 e. The molecule has 2 heterocycles. The van der Waals surface area contributed by atoms with Gasteiger partial charge in [-0.1, -0.05) is 127 Å². The first-order valence-corrected chi connectivity index (χ1v) is 16.2. The molecule has 0 unspecified atom stereocenters. The first kappa shape index (κ1) is 29.7. The summed E-state index contributed by atoms with van der Waals surface area (Å²) < 4.78 is 5.97. The largest absolute Gasteiger partial charge is 0.456 e. The molecule has 0 fully saturated rings.